The van der Waals surface area contributed by atoms with Crippen molar-refractivity contribution in [3.63, 3.8) is 0 Å². The van der Waals surface area contributed by atoms with Gasteiger partial charge < -0.3 is 29.2 Å². The highest BCUT2D eigenvalue weighted by Crippen LogP contribution is 2.41. The molecule has 2 saturated carbocycles. The Balaban J connectivity index is 1.33. The second kappa shape index (κ2) is 8.29. The summed E-state index contributed by atoms with van der Waals surface area (Å²) < 4.78 is 15.8. The number of fused-ring (bicyclic) bond motifs is 4. The van der Waals surface area contributed by atoms with Crippen LogP contribution < -0.4 is 10.5 Å². The van der Waals surface area contributed by atoms with Gasteiger partial charge in [0.1, 0.15) is 16.9 Å². The van der Waals surface area contributed by atoms with Crippen LogP contribution >= 0.6 is 0 Å². The van der Waals surface area contributed by atoms with Crippen LogP contribution in [0, 0.1) is 11.8 Å². The minimum atomic E-state index is -0.103. The molecule has 1 saturated heterocycles. The number of carbonyl (C=O) groups excluding carboxylic acids is 1. The maximum Gasteiger partial charge on any atom is 0.254 e. The smallest absolute Gasteiger partial charge is 0.254 e. The summed E-state index contributed by atoms with van der Waals surface area (Å²) in [6.45, 7) is 1.59. The molecule has 4 heterocycles. The standard InChI is InChI=1S/C28H32N6O3/c1-32-24-19(31-27(32)20-10-16-5-4-8-30-26(16)33(20)13-15-6-7-15)9-17(11-21(24)36-2)28(35)34-14-18-12-22(37-3)25(34)23(18)29/h4-5,8-11,15,18,22-23,25H,6-7,12-14,29H2,1-3H3/t18-,22+,23?,25?/m1/s1. The Hall–Kier alpha value is -3.43. The molecule has 2 aliphatic carbocycles. The molecule has 7 rings (SSSR count). The molecule has 4 atom stereocenters. The lowest BCUT2D eigenvalue weighted by molar-refractivity contribution is 0.0173. The summed E-state index contributed by atoms with van der Waals surface area (Å²) in [6, 6.07) is 9.78. The molecule has 9 heteroatoms. The van der Waals surface area contributed by atoms with Gasteiger partial charge in [0.25, 0.3) is 5.91 Å². The summed E-state index contributed by atoms with van der Waals surface area (Å²) in [5.41, 5.74) is 10.6. The molecule has 4 aromatic rings. The number of hydrogen-bond acceptors (Lipinski definition) is 6. The van der Waals surface area contributed by atoms with Crippen molar-refractivity contribution in [3.05, 3.63) is 42.1 Å². The maximum atomic E-state index is 13.7. The van der Waals surface area contributed by atoms with Crippen LogP contribution in [-0.4, -0.2) is 68.9 Å². The zero-order valence-corrected chi connectivity index (χ0v) is 21.4. The first kappa shape index (κ1) is 22.7. The molecule has 192 valence electrons. The molecule has 2 N–H and O–H groups in total. The number of piperidine rings is 1. The van der Waals surface area contributed by atoms with Gasteiger partial charge in [0.15, 0.2) is 5.82 Å². The van der Waals surface area contributed by atoms with Crippen LogP contribution in [0.25, 0.3) is 33.6 Å². The highest BCUT2D eigenvalue weighted by molar-refractivity contribution is 6.00. The van der Waals surface area contributed by atoms with E-state index in [0.717, 1.165) is 46.6 Å². The number of likely N-dealkylation sites (tertiary alicyclic amines) is 1. The van der Waals surface area contributed by atoms with Crippen LogP contribution in [-0.2, 0) is 18.3 Å². The van der Waals surface area contributed by atoms with E-state index in [9.17, 15) is 4.79 Å². The Bertz CT molecular complexity index is 1540. The van der Waals surface area contributed by atoms with Crippen molar-refractivity contribution in [1.82, 2.24) is 24.0 Å². The minimum Gasteiger partial charge on any atom is -0.494 e. The number of carbonyl (C=O) groups is 1. The van der Waals surface area contributed by atoms with Crippen LogP contribution in [0.4, 0.5) is 0 Å². The van der Waals surface area contributed by atoms with E-state index in [1.165, 1.54) is 12.8 Å². The van der Waals surface area contributed by atoms with E-state index < -0.39 is 0 Å². The molecule has 0 spiro atoms. The summed E-state index contributed by atoms with van der Waals surface area (Å²) >= 11 is 0. The van der Waals surface area contributed by atoms with Gasteiger partial charge in [-0.2, -0.15) is 0 Å². The molecule has 2 bridgehead atoms. The van der Waals surface area contributed by atoms with E-state index in [1.807, 2.05) is 36.3 Å². The summed E-state index contributed by atoms with van der Waals surface area (Å²) in [5.74, 6) is 2.36. The van der Waals surface area contributed by atoms with E-state index in [4.69, 9.17) is 20.2 Å². The molecule has 3 aromatic heterocycles. The van der Waals surface area contributed by atoms with Crippen molar-refractivity contribution in [1.29, 1.82) is 0 Å². The monoisotopic (exact) mass is 500 g/mol. The number of pyridine rings is 1. The highest BCUT2D eigenvalue weighted by atomic mass is 16.5. The molecule has 37 heavy (non-hydrogen) atoms. The SMILES string of the molecule is COc1cc(C(=O)N2C[C@H]3C[C@H](OC)C2C3N)cc2nc(-c3cc4cccnc4n3CC3CC3)n(C)c12. The van der Waals surface area contributed by atoms with Gasteiger partial charge in [-0.25, -0.2) is 9.97 Å². The summed E-state index contributed by atoms with van der Waals surface area (Å²) in [5, 5.41) is 1.10. The van der Waals surface area contributed by atoms with E-state index >= 15 is 0 Å². The number of nitrogens with zero attached hydrogens (tertiary/aromatic N) is 5. The largest absolute Gasteiger partial charge is 0.494 e. The van der Waals surface area contributed by atoms with Gasteiger partial charge in [-0.3, -0.25) is 4.79 Å². The zero-order chi connectivity index (χ0) is 25.4. The van der Waals surface area contributed by atoms with Crippen LogP contribution in [0.15, 0.2) is 36.5 Å². The molecule has 9 nitrogen and oxygen atoms in total. The van der Waals surface area contributed by atoms with Crippen LogP contribution in [0.5, 0.6) is 5.75 Å². The van der Waals surface area contributed by atoms with Crippen LogP contribution in [0.2, 0.25) is 0 Å². The third kappa shape index (κ3) is 3.40. The number of amides is 1. The number of imidazole rings is 1. The molecule has 1 amide bonds. The molecule has 3 aliphatic rings. The van der Waals surface area contributed by atoms with E-state index in [2.05, 4.69) is 26.3 Å². The zero-order valence-electron chi connectivity index (χ0n) is 21.4. The first-order valence-corrected chi connectivity index (χ1v) is 13.1. The quantitative estimate of drug-likeness (QED) is 0.436. The van der Waals surface area contributed by atoms with E-state index in [1.54, 1.807) is 14.2 Å². The first-order valence-electron chi connectivity index (χ1n) is 13.1. The van der Waals surface area contributed by atoms with Gasteiger partial charge in [-0.15, -0.1) is 0 Å². The minimum absolute atomic E-state index is 0.0215. The second-order valence-corrected chi connectivity index (χ2v) is 10.8. The van der Waals surface area contributed by atoms with Gasteiger partial charge in [0, 0.05) is 50.4 Å². The Morgan fingerprint density at radius 2 is 2.05 bits per heavy atom. The van der Waals surface area contributed by atoms with Crippen molar-refractivity contribution in [2.75, 3.05) is 20.8 Å². The third-order valence-electron chi connectivity index (χ3n) is 8.63. The summed E-state index contributed by atoms with van der Waals surface area (Å²) in [4.78, 5) is 25.3. The van der Waals surface area contributed by atoms with E-state index in [0.29, 0.717) is 23.8 Å². The Morgan fingerprint density at radius 1 is 1.22 bits per heavy atom. The number of rotatable bonds is 6. The molecule has 1 aliphatic heterocycles. The lowest BCUT2D eigenvalue weighted by Crippen LogP contribution is -2.48. The Labute approximate surface area is 215 Å². The number of aryl methyl sites for hydroxylation is 1. The second-order valence-electron chi connectivity index (χ2n) is 10.8. The summed E-state index contributed by atoms with van der Waals surface area (Å²) in [7, 11) is 5.34. The first-order chi connectivity index (χ1) is 18.0. The number of ether oxygens (including phenoxy) is 2. The topological polar surface area (TPSA) is 100 Å². The number of benzene rings is 1. The molecule has 3 fully saturated rings. The van der Waals surface area contributed by atoms with Crippen LogP contribution in [0.1, 0.15) is 29.6 Å². The fraction of sp³-hybridized carbons (Fsp3) is 0.464. The fourth-order valence-corrected chi connectivity index (χ4v) is 6.55. The number of hydrogen-bond donors (Lipinski definition) is 1. The molecular formula is C28H32N6O3. The van der Waals surface area contributed by atoms with Gasteiger partial charge in [0.05, 0.1) is 30.5 Å². The van der Waals surface area contributed by atoms with Crippen molar-refractivity contribution >= 4 is 28.0 Å². The van der Waals surface area contributed by atoms with Gasteiger partial charge in [-0.1, -0.05) is 0 Å². The molecule has 0 radical (unpaired) electrons. The molecular weight excluding hydrogens is 468 g/mol. The molecule has 2 unspecified atom stereocenters. The predicted molar refractivity (Wildman–Crippen MR) is 140 cm³/mol. The fourth-order valence-electron chi connectivity index (χ4n) is 6.55. The number of aromatic nitrogens is 4. The summed E-state index contributed by atoms with van der Waals surface area (Å²) in [6.07, 6.45) is 5.23. The van der Waals surface area contributed by atoms with Crippen molar-refractivity contribution in [2.45, 2.75) is 44.0 Å². The number of nitrogens with two attached hydrogens (primary N) is 1. The van der Waals surface area contributed by atoms with E-state index in [-0.39, 0.29) is 30.0 Å². The van der Waals surface area contributed by atoms with Crippen molar-refractivity contribution in [3.8, 4) is 17.3 Å². The predicted octanol–water partition coefficient (Wildman–Crippen LogP) is 3.20. The Morgan fingerprint density at radius 3 is 2.78 bits per heavy atom. The van der Waals surface area contributed by atoms with Gasteiger partial charge in [0.2, 0.25) is 0 Å². The highest BCUT2D eigenvalue weighted by Gasteiger charge is 2.53. The van der Waals surface area contributed by atoms with Gasteiger partial charge in [-0.05, 0) is 61.4 Å². The third-order valence-corrected chi connectivity index (χ3v) is 8.63. The van der Waals surface area contributed by atoms with Crippen molar-refractivity contribution < 1.29 is 14.3 Å². The maximum absolute atomic E-state index is 13.7. The normalized spacial score (nSPS) is 25.0. The van der Waals surface area contributed by atoms with Crippen molar-refractivity contribution in [2.24, 2.45) is 24.6 Å². The average Bonchev–Trinajstić information content (AvgIpc) is 3.34. The average molecular weight is 501 g/mol. The van der Waals surface area contributed by atoms with Crippen LogP contribution in [0.3, 0.4) is 0 Å². The number of methoxy groups -OCH3 is 2. The lowest BCUT2D eigenvalue weighted by atomic mass is 10.1. The molecule has 1 aromatic carbocycles. The van der Waals surface area contributed by atoms with Gasteiger partial charge >= 0.3 is 0 Å². The Kier molecular flexibility index (Phi) is 5.10. The lowest BCUT2D eigenvalue weighted by Gasteiger charge is -2.32.